The van der Waals surface area contributed by atoms with E-state index in [1.54, 1.807) is 11.9 Å². The zero-order valence-electron chi connectivity index (χ0n) is 11.3. The summed E-state index contributed by atoms with van der Waals surface area (Å²) in [4.78, 5) is 20.8. The predicted molar refractivity (Wildman–Crippen MR) is 71.5 cm³/mol. The fourth-order valence-electron chi connectivity index (χ4n) is 1.96. The molecule has 21 heavy (non-hydrogen) atoms. The van der Waals surface area contributed by atoms with Gasteiger partial charge in [-0.3, -0.25) is 0 Å². The van der Waals surface area contributed by atoms with Crippen LogP contribution in [-0.4, -0.2) is 39.1 Å². The first kappa shape index (κ1) is 14.9. The topological polar surface area (TPSA) is 71.2 Å². The molecular weight excluding hydrogens is 282 g/mol. The summed E-state index contributed by atoms with van der Waals surface area (Å²) in [6, 6.07) is 2.96. The Morgan fingerprint density at radius 1 is 1.43 bits per heavy atom. The van der Waals surface area contributed by atoms with E-state index >= 15 is 0 Å². The van der Waals surface area contributed by atoms with E-state index < -0.39 is 18.9 Å². The highest BCUT2D eigenvalue weighted by Crippen LogP contribution is 2.18. The van der Waals surface area contributed by atoms with Gasteiger partial charge in [-0.1, -0.05) is 0 Å². The summed E-state index contributed by atoms with van der Waals surface area (Å²) in [7, 11) is 1.64. The average molecular weight is 296 g/mol. The lowest BCUT2D eigenvalue weighted by molar-refractivity contribution is 0.0697. The van der Waals surface area contributed by atoms with Crippen LogP contribution >= 0.6 is 0 Å². The summed E-state index contributed by atoms with van der Waals surface area (Å²) >= 11 is 0. The fraction of sp³-hybridized carbons (Fsp3) is 0.308. The van der Waals surface area contributed by atoms with Crippen LogP contribution in [0.5, 0.6) is 0 Å². The molecule has 2 rings (SSSR count). The van der Waals surface area contributed by atoms with Crippen LogP contribution in [-0.2, 0) is 13.1 Å². The van der Waals surface area contributed by atoms with Crippen LogP contribution in [0.1, 0.15) is 16.2 Å². The Balaban J connectivity index is 2.21. The maximum Gasteiger partial charge on any atom is 0.339 e. The van der Waals surface area contributed by atoms with Gasteiger partial charge in [-0.15, -0.1) is 0 Å². The molecule has 0 aliphatic heterocycles. The average Bonchev–Trinajstić information content (AvgIpc) is 2.85. The molecule has 0 spiro atoms. The number of pyridine rings is 1. The van der Waals surface area contributed by atoms with Gasteiger partial charge in [0.15, 0.2) is 0 Å². The summed E-state index contributed by atoms with van der Waals surface area (Å²) in [5.41, 5.74) is 0.0481. The van der Waals surface area contributed by atoms with Gasteiger partial charge in [0.25, 0.3) is 6.43 Å². The van der Waals surface area contributed by atoms with Gasteiger partial charge in [-0.05, 0) is 12.1 Å². The molecule has 0 atom stereocenters. The van der Waals surface area contributed by atoms with E-state index in [-0.39, 0.29) is 17.9 Å². The first-order valence-electron chi connectivity index (χ1n) is 6.16. The standard InChI is InChI=1S/C13H14F2N4O2/c1-18(12-9(13(20)21)3-2-4-17-12)8-11-16-5-6-19(11)7-10(14)15/h2-6,10H,7-8H2,1H3,(H,20,21). The molecule has 1 N–H and O–H groups in total. The number of rotatable bonds is 6. The predicted octanol–water partition coefficient (Wildman–Crippen LogP) is 1.88. The molecule has 0 saturated carbocycles. The molecule has 0 saturated heterocycles. The van der Waals surface area contributed by atoms with Gasteiger partial charge in [0, 0.05) is 25.6 Å². The van der Waals surface area contributed by atoms with Crippen molar-refractivity contribution >= 4 is 11.8 Å². The summed E-state index contributed by atoms with van der Waals surface area (Å²) < 4.78 is 26.3. The zero-order valence-corrected chi connectivity index (χ0v) is 11.3. The lowest BCUT2D eigenvalue weighted by Gasteiger charge is -2.20. The highest BCUT2D eigenvalue weighted by atomic mass is 19.3. The first-order valence-corrected chi connectivity index (χ1v) is 6.16. The first-order chi connectivity index (χ1) is 9.99. The van der Waals surface area contributed by atoms with Crippen molar-refractivity contribution in [2.75, 3.05) is 11.9 Å². The Bertz CT molecular complexity index is 630. The number of aromatic nitrogens is 3. The van der Waals surface area contributed by atoms with Crippen LogP contribution in [0.25, 0.3) is 0 Å². The Labute approximate surface area is 119 Å². The van der Waals surface area contributed by atoms with Crippen molar-refractivity contribution in [2.24, 2.45) is 0 Å². The van der Waals surface area contributed by atoms with Gasteiger partial charge in [-0.25, -0.2) is 23.5 Å². The van der Waals surface area contributed by atoms with Crippen LogP contribution < -0.4 is 4.90 Å². The van der Waals surface area contributed by atoms with E-state index in [9.17, 15) is 13.6 Å². The van der Waals surface area contributed by atoms with Gasteiger partial charge in [-0.2, -0.15) is 0 Å². The molecule has 0 aliphatic rings. The SMILES string of the molecule is CN(Cc1nccn1CC(F)F)c1ncccc1C(=O)O. The normalized spacial score (nSPS) is 10.9. The minimum absolute atomic E-state index is 0.0481. The molecule has 0 unspecified atom stereocenters. The second kappa shape index (κ2) is 6.29. The van der Waals surface area contributed by atoms with Crippen LogP contribution in [0.4, 0.5) is 14.6 Å². The third-order valence-corrected chi connectivity index (χ3v) is 2.89. The Morgan fingerprint density at radius 3 is 2.86 bits per heavy atom. The van der Waals surface area contributed by atoms with E-state index in [1.807, 2.05) is 0 Å². The lowest BCUT2D eigenvalue weighted by atomic mass is 10.2. The van der Waals surface area contributed by atoms with Crippen LogP contribution in [0.2, 0.25) is 0 Å². The molecule has 2 heterocycles. The molecule has 0 fully saturated rings. The van der Waals surface area contributed by atoms with Crippen molar-refractivity contribution in [2.45, 2.75) is 19.5 Å². The number of carboxylic acid groups (broad SMARTS) is 1. The van der Waals surface area contributed by atoms with Gasteiger partial charge in [0.2, 0.25) is 0 Å². The lowest BCUT2D eigenvalue weighted by Crippen LogP contribution is -2.23. The number of aromatic carboxylic acids is 1. The number of anilines is 1. The molecule has 2 aromatic heterocycles. The van der Waals surface area contributed by atoms with Gasteiger partial charge in [0.05, 0.1) is 13.1 Å². The molecule has 0 radical (unpaired) electrons. The van der Waals surface area contributed by atoms with Crippen molar-refractivity contribution in [3.63, 3.8) is 0 Å². The second-order valence-electron chi connectivity index (χ2n) is 4.42. The summed E-state index contributed by atoms with van der Waals surface area (Å²) in [6.07, 6.45) is 1.89. The van der Waals surface area contributed by atoms with Crippen molar-refractivity contribution in [1.82, 2.24) is 14.5 Å². The number of hydrogen-bond donors (Lipinski definition) is 1. The third kappa shape index (κ3) is 3.53. The van der Waals surface area contributed by atoms with Gasteiger partial charge in [0.1, 0.15) is 17.2 Å². The van der Waals surface area contributed by atoms with E-state index in [4.69, 9.17) is 5.11 Å². The minimum Gasteiger partial charge on any atom is -0.478 e. The molecule has 0 aromatic carbocycles. The third-order valence-electron chi connectivity index (χ3n) is 2.89. The van der Waals surface area contributed by atoms with Gasteiger partial charge < -0.3 is 14.6 Å². The number of imidazole rings is 1. The number of hydrogen-bond acceptors (Lipinski definition) is 4. The molecular formula is C13H14F2N4O2. The largest absolute Gasteiger partial charge is 0.478 e. The molecule has 8 heteroatoms. The smallest absolute Gasteiger partial charge is 0.339 e. The highest BCUT2D eigenvalue weighted by Gasteiger charge is 2.17. The Morgan fingerprint density at radius 2 is 2.19 bits per heavy atom. The molecule has 0 amide bonds. The zero-order chi connectivity index (χ0) is 15.4. The summed E-state index contributed by atoms with van der Waals surface area (Å²) in [5, 5.41) is 9.13. The summed E-state index contributed by atoms with van der Waals surface area (Å²) in [5.74, 6) is -0.419. The number of nitrogens with zero attached hydrogens (tertiary/aromatic N) is 4. The van der Waals surface area contributed by atoms with E-state index in [2.05, 4.69) is 9.97 Å². The van der Waals surface area contributed by atoms with E-state index in [1.165, 1.54) is 35.3 Å². The van der Waals surface area contributed by atoms with Crippen molar-refractivity contribution < 1.29 is 18.7 Å². The minimum atomic E-state index is -2.48. The van der Waals surface area contributed by atoms with Crippen molar-refractivity contribution in [3.05, 3.63) is 42.1 Å². The van der Waals surface area contributed by atoms with Crippen LogP contribution in [0, 0.1) is 0 Å². The molecule has 2 aromatic rings. The number of carboxylic acids is 1. The van der Waals surface area contributed by atoms with Gasteiger partial charge >= 0.3 is 5.97 Å². The number of alkyl halides is 2. The highest BCUT2D eigenvalue weighted by molar-refractivity contribution is 5.93. The molecule has 0 aliphatic carbocycles. The maximum absolute atomic E-state index is 12.5. The quantitative estimate of drug-likeness (QED) is 0.881. The van der Waals surface area contributed by atoms with Crippen molar-refractivity contribution in [3.8, 4) is 0 Å². The fourth-order valence-corrected chi connectivity index (χ4v) is 1.96. The van der Waals surface area contributed by atoms with E-state index in [0.29, 0.717) is 5.82 Å². The van der Waals surface area contributed by atoms with Crippen molar-refractivity contribution in [1.29, 1.82) is 0 Å². The number of carbonyl (C=O) groups is 1. The van der Waals surface area contributed by atoms with Crippen LogP contribution in [0.15, 0.2) is 30.7 Å². The number of halogens is 2. The Kier molecular flexibility index (Phi) is 4.46. The van der Waals surface area contributed by atoms with E-state index in [0.717, 1.165) is 0 Å². The Hall–Kier alpha value is -2.51. The maximum atomic E-state index is 12.5. The molecule has 0 bridgehead atoms. The second-order valence-corrected chi connectivity index (χ2v) is 4.42. The summed E-state index contributed by atoms with van der Waals surface area (Å²) in [6.45, 7) is -0.270. The van der Waals surface area contributed by atoms with Crippen LogP contribution in [0.3, 0.4) is 0 Å². The monoisotopic (exact) mass is 296 g/mol. The molecule has 6 nitrogen and oxygen atoms in total. The molecule has 112 valence electrons.